The SMILES string of the molecule is O=[N+]1c2ccc(Br)cc2C=CC1O. The zero-order chi connectivity index (χ0) is 9.42. The van der Waals surface area contributed by atoms with E-state index in [1.807, 2.05) is 6.07 Å². The second kappa shape index (κ2) is 3.05. The maximum atomic E-state index is 11.3. The van der Waals surface area contributed by atoms with Crippen LogP contribution in [-0.2, 0) is 0 Å². The molecule has 0 aliphatic carbocycles. The molecule has 1 aromatic rings. The minimum Gasteiger partial charge on any atom is -0.330 e. The summed E-state index contributed by atoms with van der Waals surface area (Å²) in [6.45, 7) is 0. The average molecular weight is 241 g/mol. The van der Waals surface area contributed by atoms with Crippen molar-refractivity contribution in [2.24, 2.45) is 0 Å². The first kappa shape index (κ1) is 8.59. The molecule has 0 bridgehead atoms. The molecule has 0 saturated carbocycles. The molecule has 0 saturated heterocycles. The molecule has 2 rings (SSSR count). The van der Waals surface area contributed by atoms with Gasteiger partial charge in [-0.2, -0.15) is 0 Å². The van der Waals surface area contributed by atoms with Gasteiger partial charge in [0.25, 0.3) is 5.69 Å². The van der Waals surface area contributed by atoms with Crippen molar-refractivity contribution in [3.05, 3.63) is 39.2 Å². The standard InChI is InChI=1S/C9H7BrNO2/c10-7-2-3-8-6(5-7)1-4-9(12)11(8)13/h1-5,9,12H/q+1. The predicted molar refractivity (Wildman–Crippen MR) is 52.5 cm³/mol. The fraction of sp³-hybridized carbons (Fsp3) is 0.111. The number of benzene rings is 1. The third-order valence-electron chi connectivity index (χ3n) is 1.92. The summed E-state index contributed by atoms with van der Waals surface area (Å²) in [5, 5.41) is 9.21. The number of hydrogen-bond donors (Lipinski definition) is 1. The number of nitrogens with zero attached hydrogens (tertiary/aromatic N) is 1. The highest BCUT2D eigenvalue weighted by atomic mass is 79.9. The number of rotatable bonds is 0. The predicted octanol–water partition coefficient (Wildman–Crippen LogP) is 2.20. The summed E-state index contributed by atoms with van der Waals surface area (Å²) < 4.78 is 1.50. The molecule has 0 aromatic heterocycles. The van der Waals surface area contributed by atoms with E-state index in [1.165, 1.54) is 6.08 Å². The zero-order valence-electron chi connectivity index (χ0n) is 6.64. The Hall–Kier alpha value is -1.00. The van der Waals surface area contributed by atoms with Gasteiger partial charge in [0.1, 0.15) is 0 Å². The molecule has 1 aliphatic heterocycles. The summed E-state index contributed by atoms with van der Waals surface area (Å²) in [6, 6.07) is 5.29. The van der Waals surface area contributed by atoms with Crippen molar-refractivity contribution in [1.82, 2.24) is 0 Å². The first-order valence-electron chi connectivity index (χ1n) is 3.80. The molecule has 3 nitrogen and oxygen atoms in total. The smallest absolute Gasteiger partial charge is 0.329 e. The largest absolute Gasteiger partial charge is 0.330 e. The van der Waals surface area contributed by atoms with Gasteiger partial charge in [0.2, 0.25) is 0 Å². The Morgan fingerprint density at radius 1 is 1.46 bits per heavy atom. The number of nitroso groups, excluding NO2 is 1. The Morgan fingerprint density at radius 2 is 2.23 bits per heavy atom. The van der Waals surface area contributed by atoms with E-state index in [2.05, 4.69) is 15.9 Å². The molecule has 66 valence electrons. The number of fused-ring (bicyclic) bond motifs is 1. The monoisotopic (exact) mass is 240 g/mol. The van der Waals surface area contributed by atoms with E-state index in [9.17, 15) is 10.0 Å². The fourth-order valence-electron chi connectivity index (χ4n) is 1.27. The molecule has 0 radical (unpaired) electrons. The van der Waals surface area contributed by atoms with Crippen LogP contribution in [0.1, 0.15) is 5.56 Å². The Morgan fingerprint density at radius 3 is 3.00 bits per heavy atom. The third-order valence-corrected chi connectivity index (χ3v) is 2.41. The van der Waals surface area contributed by atoms with Crippen LogP contribution in [0.25, 0.3) is 6.08 Å². The minimum absolute atomic E-state index is 0.498. The molecule has 13 heavy (non-hydrogen) atoms. The maximum absolute atomic E-state index is 11.3. The van der Waals surface area contributed by atoms with Gasteiger partial charge in [0, 0.05) is 21.5 Å². The van der Waals surface area contributed by atoms with Crippen LogP contribution in [0.3, 0.4) is 0 Å². The summed E-state index contributed by atoms with van der Waals surface area (Å²) in [6.07, 6.45) is 2.13. The zero-order valence-corrected chi connectivity index (χ0v) is 8.23. The van der Waals surface area contributed by atoms with Crippen LogP contribution in [0.4, 0.5) is 5.69 Å². The van der Waals surface area contributed by atoms with E-state index in [4.69, 9.17) is 0 Å². The molecule has 1 heterocycles. The van der Waals surface area contributed by atoms with Crippen molar-refractivity contribution in [3.8, 4) is 0 Å². The van der Waals surface area contributed by atoms with Gasteiger partial charge in [-0.1, -0.05) is 15.9 Å². The normalized spacial score (nSPS) is 20.2. The van der Waals surface area contributed by atoms with Gasteiger partial charge in [-0.05, 0) is 18.2 Å². The van der Waals surface area contributed by atoms with E-state index in [0.717, 1.165) is 10.0 Å². The lowest BCUT2D eigenvalue weighted by Gasteiger charge is -2.05. The van der Waals surface area contributed by atoms with E-state index in [0.29, 0.717) is 10.4 Å². The Kier molecular flexibility index (Phi) is 2.01. The summed E-state index contributed by atoms with van der Waals surface area (Å²) >= 11 is 3.31. The van der Waals surface area contributed by atoms with Crippen molar-refractivity contribution in [2.75, 3.05) is 0 Å². The molecule has 1 atom stereocenters. The Labute approximate surface area is 83.4 Å². The van der Waals surface area contributed by atoms with Crippen LogP contribution >= 0.6 is 15.9 Å². The molecule has 1 aliphatic rings. The highest BCUT2D eigenvalue weighted by Gasteiger charge is 2.28. The van der Waals surface area contributed by atoms with Gasteiger partial charge in [0.05, 0.1) is 10.3 Å². The Balaban J connectivity index is 2.59. The lowest BCUT2D eigenvalue weighted by atomic mass is 10.1. The van der Waals surface area contributed by atoms with Crippen LogP contribution in [-0.4, -0.2) is 16.1 Å². The molecular weight excluding hydrogens is 234 g/mol. The summed E-state index contributed by atoms with van der Waals surface area (Å²) in [7, 11) is 0. The number of aliphatic hydroxyl groups excluding tert-OH is 1. The van der Waals surface area contributed by atoms with Crippen LogP contribution in [0.5, 0.6) is 0 Å². The maximum Gasteiger partial charge on any atom is 0.329 e. The Bertz CT molecular complexity index is 401. The lowest BCUT2D eigenvalue weighted by Crippen LogP contribution is -2.19. The molecule has 1 unspecified atom stereocenters. The van der Waals surface area contributed by atoms with Gasteiger partial charge < -0.3 is 5.11 Å². The number of hydrogen-bond acceptors (Lipinski definition) is 2. The first-order chi connectivity index (χ1) is 6.18. The minimum atomic E-state index is -1.06. The van der Waals surface area contributed by atoms with Gasteiger partial charge in [0.15, 0.2) is 0 Å². The van der Waals surface area contributed by atoms with E-state index >= 15 is 0 Å². The molecule has 1 aromatic carbocycles. The van der Waals surface area contributed by atoms with Crippen molar-refractivity contribution in [3.63, 3.8) is 0 Å². The molecule has 0 amide bonds. The van der Waals surface area contributed by atoms with E-state index in [-0.39, 0.29) is 0 Å². The molecule has 4 heteroatoms. The van der Waals surface area contributed by atoms with Gasteiger partial charge in [-0.25, -0.2) is 0 Å². The molecular formula is C9H7BrNO2+. The molecule has 1 N–H and O–H groups in total. The number of aliphatic hydroxyl groups is 1. The van der Waals surface area contributed by atoms with Crippen molar-refractivity contribution < 1.29 is 9.87 Å². The second-order valence-corrected chi connectivity index (χ2v) is 3.72. The lowest BCUT2D eigenvalue weighted by molar-refractivity contribution is -0.541. The van der Waals surface area contributed by atoms with Gasteiger partial charge in [-0.15, -0.1) is 0 Å². The van der Waals surface area contributed by atoms with Crippen LogP contribution < -0.4 is 0 Å². The van der Waals surface area contributed by atoms with E-state index < -0.39 is 6.23 Å². The van der Waals surface area contributed by atoms with Crippen LogP contribution in [0, 0.1) is 4.91 Å². The van der Waals surface area contributed by atoms with Gasteiger partial charge in [-0.3, -0.25) is 0 Å². The van der Waals surface area contributed by atoms with Crippen molar-refractivity contribution >= 4 is 27.7 Å². The highest BCUT2D eigenvalue weighted by Crippen LogP contribution is 2.28. The summed E-state index contributed by atoms with van der Waals surface area (Å²) in [5.41, 5.74) is 1.31. The fourth-order valence-corrected chi connectivity index (χ4v) is 1.65. The molecule has 0 spiro atoms. The first-order valence-corrected chi connectivity index (χ1v) is 4.60. The van der Waals surface area contributed by atoms with Gasteiger partial charge >= 0.3 is 6.23 Å². The van der Waals surface area contributed by atoms with Crippen LogP contribution in [0.15, 0.2) is 28.7 Å². The van der Waals surface area contributed by atoms with Crippen molar-refractivity contribution in [2.45, 2.75) is 6.23 Å². The van der Waals surface area contributed by atoms with E-state index in [1.54, 1.807) is 18.2 Å². The van der Waals surface area contributed by atoms with Crippen molar-refractivity contribution in [1.29, 1.82) is 0 Å². The highest BCUT2D eigenvalue weighted by molar-refractivity contribution is 9.10. The second-order valence-electron chi connectivity index (χ2n) is 2.80. The average Bonchev–Trinajstić information content (AvgIpc) is 2.12. The topological polar surface area (TPSA) is 40.3 Å². The van der Waals surface area contributed by atoms with Crippen LogP contribution in [0.2, 0.25) is 0 Å². The summed E-state index contributed by atoms with van der Waals surface area (Å²) in [5.74, 6) is 0. The summed E-state index contributed by atoms with van der Waals surface area (Å²) in [4.78, 5) is 11.3. The molecule has 0 fully saturated rings. The quantitative estimate of drug-likeness (QED) is 0.707. The third kappa shape index (κ3) is 1.43. The number of halogens is 1.